The Balaban J connectivity index is 1.33. The van der Waals surface area contributed by atoms with Crippen LogP contribution in [0.4, 0.5) is 0 Å². The number of para-hydroxylation sites is 1. The van der Waals surface area contributed by atoms with Crippen LogP contribution in [0.5, 0.6) is 5.75 Å². The third kappa shape index (κ3) is 5.44. The molecule has 0 bridgehead atoms. The van der Waals surface area contributed by atoms with E-state index >= 15 is 0 Å². The van der Waals surface area contributed by atoms with Gasteiger partial charge in [-0.3, -0.25) is 0 Å². The monoisotopic (exact) mass is 484 g/mol. The van der Waals surface area contributed by atoms with E-state index in [2.05, 4.69) is 96.2 Å². The van der Waals surface area contributed by atoms with Crippen molar-refractivity contribution in [3.63, 3.8) is 0 Å². The molecule has 2 heterocycles. The van der Waals surface area contributed by atoms with Gasteiger partial charge in [-0.05, 0) is 68.2 Å². The number of thioether (sulfide) groups is 1. The van der Waals surface area contributed by atoms with Crippen molar-refractivity contribution in [1.82, 2.24) is 9.47 Å². The van der Waals surface area contributed by atoms with Crippen LogP contribution < -0.4 is 4.74 Å². The molecule has 0 saturated carbocycles. The van der Waals surface area contributed by atoms with Crippen LogP contribution in [-0.2, 0) is 13.0 Å². The molecule has 0 fully saturated rings. The third-order valence-corrected chi connectivity index (χ3v) is 8.01. The minimum Gasteiger partial charge on any atom is -0.494 e. The van der Waals surface area contributed by atoms with Crippen molar-refractivity contribution in [3.8, 4) is 17.0 Å². The molecule has 35 heavy (non-hydrogen) atoms. The van der Waals surface area contributed by atoms with Crippen LogP contribution >= 0.6 is 11.8 Å². The zero-order chi connectivity index (χ0) is 24.0. The maximum absolute atomic E-state index is 6.04. The van der Waals surface area contributed by atoms with Crippen LogP contribution in [0, 0.1) is 0 Å². The number of hydrogen-bond donors (Lipinski definition) is 0. The van der Waals surface area contributed by atoms with Crippen LogP contribution in [0.25, 0.3) is 22.2 Å². The second-order valence-corrected chi connectivity index (χ2v) is 10.7. The van der Waals surface area contributed by atoms with Crippen molar-refractivity contribution in [1.29, 1.82) is 0 Å². The van der Waals surface area contributed by atoms with Gasteiger partial charge in [0.15, 0.2) is 0 Å². The second kappa shape index (κ2) is 11.4. The molecule has 0 amide bonds. The van der Waals surface area contributed by atoms with E-state index in [1.165, 1.54) is 57.6 Å². The number of ether oxygens (including phenoxy) is 1. The Morgan fingerprint density at radius 1 is 0.914 bits per heavy atom. The molecular formula is C31H36N2OS. The van der Waals surface area contributed by atoms with Crippen molar-refractivity contribution in [2.24, 2.45) is 0 Å². The molecule has 1 aliphatic rings. The molecule has 1 aromatic heterocycles. The third-order valence-electron chi connectivity index (χ3n) is 6.94. The summed E-state index contributed by atoms with van der Waals surface area (Å²) in [6.45, 7) is 6.13. The predicted octanol–water partition coefficient (Wildman–Crippen LogP) is 7.51. The molecule has 0 aliphatic carbocycles. The second-order valence-electron chi connectivity index (χ2n) is 9.53. The van der Waals surface area contributed by atoms with Gasteiger partial charge >= 0.3 is 0 Å². The molecule has 5 rings (SSSR count). The van der Waals surface area contributed by atoms with Crippen molar-refractivity contribution in [3.05, 3.63) is 83.9 Å². The summed E-state index contributed by atoms with van der Waals surface area (Å²) in [6.07, 6.45) is 4.67. The predicted molar refractivity (Wildman–Crippen MR) is 150 cm³/mol. The van der Waals surface area contributed by atoms with E-state index in [4.69, 9.17) is 4.74 Å². The minimum atomic E-state index is 0.764. The topological polar surface area (TPSA) is 17.4 Å². The molecular weight excluding hydrogens is 448 g/mol. The molecule has 0 N–H and O–H groups in total. The first-order valence-electron chi connectivity index (χ1n) is 13.0. The lowest BCUT2D eigenvalue weighted by atomic mass is 10.0. The van der Waals surface area contributed by atoms with Gasteiger partial charge < -0.3 is 14.2 Å². The zero-order valence-electron chi connectivity index (χ0n) is 21.0. The highest BCUT2D eigenvalue weighted by Crippen LogP contribution is 2.42. The summed E-state index contributed by atoms with van der Waals surface area (Å²) in [5.74, 6) is 2.08. The normalized spacial score (nSPS) is 13.0. The fraction of sp³-hybridized carbons (Fsp3) is 0.355. The first-order valence-corrected chi connectivity index (χ1v) is 14.0. The molecule has 1 aliphatic heterocycles. The lowest BCUT2D eigenvalue weighted by molar-refractivity contribution is 0.261. The fourth-order valence-corrected chi connectivity index (χ4v) is 6.11. The quantitative estimate of drug-likeness (QED) is 0.217. The van der Waals surface area contributed by atoms with Gasteiger partial charge in [-0.2, -0.15) is 0 Å². The first kappa shape index (κ1) is 24.0. The number of fused-ring (bicyclic) bond motifs is 5. The van der Waals surface area contributed by atoms with Crippen LogP contribution in [0.2, 0.25) is 0 Å². The van der Waals surface area contributed by atoms with E-state index in [-0.39, 0.29) is 0 Å². The number of rotatable bonds is 10. The molecule has 3 aromatic carbocycles. The number of unbranched alkanes of at least 4 members (excludes halogenated alkanes) is 1. The standard InChI is InChI=1S/C31H36N2OS/c1-3-4-19-32(2)20-9-21-34-25-16-14-24(15-17-25)23-33-29-12-7-5-10-26(29)27-18-22-35-30-13-8-6-11-28(30)31(27)33/h5-8,10-17H,3-4,9,18-23H2,1-2H3. The molecule has 0 unspecified atom stereocenters. The van der Waals surface area contributed by atoms with Gasteiger partial charge in [0.2, 0.25) is 0 Å². The summed E-state index contributed by atoms with van der Waals surface area (Å²) >= 11 is 1.98. The van der Waals surface area contributed by atoms with E-state index in [9.17, 15) is 0 Å². The van der Waals surface area contributed by atoms with Crippen LogP contribution in [0.1, 0.15) is 37.3 Å². The molecule has 3 nitrogen and oxygen atoms in total. The fourth-order valence-electron chi connectivity index (χ4n) is 5.09. The number of aryl methyl sites for hydroxylation is 1. The smallest absolute Gasteiger partial charge is 0.119 e. The average Bonchev–Trinajstić information content (AvgIpc) is 3.06. The van der Waals surface area contributed by atoms with Crippen LogP contribution in [-0.4, -0.2) is 42.0 Å². The largest absolute Gasteiger partial charge is 0.494 e. The number of aromatic nitrogens is 1. The van der Waals surface area contributed by atoms with Gasteiger partial charge in [-0.25, -0.2) is 0 Å². The molecule has 0 spiro atoms. The Hall–Kier alpha value is -2.69. The molecule has 4 aromatic rings. The molecule has 4 heteroatoms. The summed E-state index contributed by atoms with van der Waals surface area (Å²) in [6, 6.07) is 26.5. The van der Waals surface area contributed by atoms with E-state index < -0.39 is 0 Å². The lowest BCUT2D eigenvalue weighted by Gasteiger charge is -2.16. The number of nitrogens with zero attached hydrogens (tertiary/aromatic N) is 2. The molecule has 0 atom stereocenters. The molecule has 0 radical (unpaired) electrons. The van der Waals surface area contributed by atoms with Crippen LogP contribution in [0.3, 0.4) is 0 Å². The van der Waals surface area contributed by atoms with E-state index in [1.54, 1.807) is 0 Å². The van der Waals surface area contributed by atoms with Gasteiger partial charge in [0.1, 0.15) is 5.75 Å². The summed E-state index contributed by atoms with van der Waals surface area (Å²) in [4.78, 5) is 3.79. The van der Waals surface area contributed by atoms with Gasteiger partial charge in [0.25, 0.3) is 0 Å². The van der Waals surface area contributed by atoms with Crippen molar-refractivity contribution < 1.29 is 4.74 Å². The Morgan fingerprint density at radius 3 is 2.54 bits per heavy atom. The molecule has 0 saturated heterocycles. The zero-order valence-corrected chi connectivity index (χ0v) is 21.8. The summed E-state index contributed by atoms with van der Waals surface area (Å²) in [5, 5.41) is 1.39. The van der Waals surface area contributed by atoms with Gasteiger partial charge in [0.05, 0.1) is 12.3 Å². The summed E-state index contributed by atoms with van der Waals surface area (Å²) in [5.41, 5.74) is 6.87. The minimum absolute atomic E-state index is 0.764. The highest BCUT2D eigenvalue weighted by molar-refractivity contribution is 7.99. The highest BCUT2D eigenvalue weighted by atomic mass is 32.2. The summed E-state index contributed by atoms with van der Waals surface area (Å²) < 4.78 is 8.56. The van der Waals surface area contributed by atoms with Gasteiger partial charge in [-0.15, -0.1) is 11.8 Å². The highest BCUT2D eigenvalue weighted by Gasteiger charge is 2.23. The SMILES string of the molecule is CCCCN(C)CCCOc1ccc(Cn2c3c(c4ccccc42)CCSc2ccccc2-3)cc1. The molecule has 182 valence electrons. The van der Waals surface area contributed by atoms with E-state index in [0.717, 1.165) is 44.0 Å². The van der Waals surface area contributed by atoms with Crippen molar-refractivity contribution in [2.45, 2.75) is 44.0 Å². The van der Waals surface area contributed by atoms with Gasteiger partial charge in [0, 0.05) is 40.2 Å². The van der Waals surface area contributed by atoms with Crippen molar-refractivity contribution in [2.75, 3.05) is 32.5 Å². The Labute approximate surface area is 214 Å². The van der Waals surface area contributed by atoms with Crippen LogP contribution in [0.15, 0.2) is 77.7 Å². The lowest BCUT2D eigenvalue weighted by Crippen LogP contribution is -2.22. The average molecular weight is 485 g/mol. The van der Waals surface area contributed by atoms with E-state index in [0.29, 0.717) is 0 Å². The Bertz CT molecular complexity index is 1260. The Kier molecular flexibility index (Phi) is 7.80. The maximum atomic E-state index is 6.04. The maximum Gasteiger partial charge on any atom is 0.119 e. The van der Waals surface area contributed by atoms with E-state index in [1.807, 2.05) is 11.8 Å². The summed E-state index contributed by atoms with van der Waals surface area (Å²) in [7, 11) is 2.20. The first-order chi connectivity index (χ1) is 17.2. The van der Waals surface area contributed by atoms with Crippen molar-refractivity contribution >= 4 is 22.7 Å². The number of benzene rings is 3. The Morgan fingerprint density at radius 2 is 1.69 bits per heavy atom. The van der Waals surface area contributed by atoms with Gasteiger partial charge in [-0.1, -0.05) is 61.9 Å². The number of hydrogen-bond acceptors (Lipinski definition) is 3.